The van der Waals surface area contributed by atoms with Crippen LogP contribution in [0.25, 0.3) is 0 Å². The summed E-state index contributed by atoms with van der Waals surface area (Å²) in [5.74, 6) is 0.623. The van der Waals surface area contributed by atoms with Gasteiger partial charge in [0.05, 0.1) is 21.6 Å². The van der Waals surface area contributed by atoms with Crippen LogP contribution >= 0.6 is 11.8 Å². The fourth-order valence-corrected chi connectivity index (χ4v) is 7.11. The summed E-state index contributed by atoms with van der Waals surface area (Å²) in [6, 6.07) is 5.45. The van der Waals surface area contributed by atoms with E-state index in [1.807, 2.05) is 19.1 Å². The predicted octanol–water partition coefficient (Wildman–Crippen LogP) is 1.39. The predicted molar refractivity (Wildman–Crippen MR) is 125 cm³/mol. The third-order valence-corrected chi connectivity index (χ3v) is 9.39. The molecule has 3 fully saturated rings. The fraction of sp³-hybridized carbons (Fsp3) is 0.700. The minimum absolute atomic E-state index is 0.0324. The standard InChI is InChI=1S/C20H33N7O2S2/c1-13-23-24-19(30-13)27-17-10-15(31(28,29)25-20(2)8-9-20)5-6-16(17)22-18(27)7-4-14-11-21-26(3)12-14/h5-6,10,13-14,18-19,21-25H,4,7-9,11-12H2,1-3H3. The summed E-state index contributed by atoms with van der Waals surface area (Å²) in [7, 11) is -1.46. The number of benzene rings is 1. The van der Waals surface area contributed by atoms with E-state index in [1.54, 1.807) is 17.8 Å². The second-order valence-electron chi connectivity index (χ2n) is 9.52. The van der Waals surface area contributed by atoms with Crippen molar-refractivity contribution in [2.75, 3.05) is 30.4 Å². The second kappa shape index (κ2) is 8.05. The highest BCUT2D eigenvalue weighted by Crippen LogP contribution is 2.43. The summed E-state index contributed by atoms with van der Waals surface area (Å²) in [5.41, 5.74) is 11.7. The zero-order valence-electron chi connectivity index (χ0n) is 18.3. The summed E-state index contributed by atoms with van der Waals surface area (Å²) in [5, 5.41) is 6.09. The van der Waals surface area contributed by atoms with Gasteiger partial charge in [0.1, 0.15) is 11.7 Å². The average molecular weight is 468 g/mol. The van der Waals surface area contributed by atoms with Crippen LogP contribution in [0.2, 0.25) is 0 Å². The van der Waals surface area contributed by atoms with Crippen molar-refractivity contribution in [2.45, 2.75) is 67.0 Å². The first-order chi connectivity index (χ1) is 14.7. The van der Waals surface area contributed by atoms with Gasteiger partial charge in [-0.05, 0) is 63.6 Å². The van der Waals surface area contributed by atoms with Crippen molar-refractivity contribution in [1.82, 2.24) is 26.0 Å². The van der Waals surface area contributed by atoms with Crippen molar-refractivity contribution < 1.29 is 8.42 Å². The van der Waals surface area contributed by atoms with Gasteiger partial charge in [-0.2, -0.15) is 0 Å². The SMILES string of the molecule is CC1NNC(N2c3cc(S(=O)(=O)NC4(C)CC4)ccc3NC2CCC2CNN(C)C2)S1. The van der Waals surface area contributed by atoms with Gasteiger partial charge in [-0.3, -0.25) is 5.43 Å². The van der Waals surface area contributed by atoms with Crippen LogP contribution in [-0.2, 0) is 10.0 Å². The Bertz CT molecular complexity index is 939. The van der Waals surface area contributed by atoms with Crippen LogP contribution < -0.4 is 31.2 Å². The number of hydrazine groups is 2. The van der Waals surface area contributed by atoms with Crippen molar-refractivity contribution in [2.24, 2.45) is 5.92 Å². The lowest BCUT2D eigenvalue weighted by atomic mass is 10.0. The molecule has 3 aliphatic heterocycles. The van der Waals surface area contributed by atoms with E-state index < -0.39 is 10.0 Å². The first-order valence-electron chi connectivity index (χ1n) is 11.1. The number of rotatable bonds is 7. The summed E-state index contributed by atoms with van der Waals surface area (Å²) in [6.07, 6.45) is 3.99. The summed E-state index contributed by atoms with van der Waals surface area (Å²) in [4.78, 5) is 2.64. The average Bonchev–Trinajstić information content (AvgIpc) is 3.06. The Morgan fingerprint density at radius 1 is 1.26 bits per heavy atom. The van der Waals surface area contributed by atoms with Gasteiger partial charge in [0.2, 0.25) is 10.0 Å². The minimum atomic E-state index is -3.54. The molecule has 0 amide bonds. The Balaban J connectivity index is 1.38. The Morgan fingerprint density at radius 3 is 2.71 bits per heavy atom. The van der Waals surface area contributed by atoms with E-state index in [-0.39, 0.29) is 22.6 Å². The molecule has 31 heavy (non-hydrogen) atoms. The maximum Gasteiger partial charge on any atom is 0.241 e. The molecule has 0 spiro atoms. The molecule has 4 aliphatic rings. The number of anilines is 2. The van der Waals surface area contributed by atoms with Gasteiger partial charge >= 0.3 is 0 Å². The lowest BCUT2D eigenvalue weighted by Crippen LogP contribution is -2.49. The highest BCUT2D eigenvalue weighted by molar-refractivity contribution is 8.00. The van der Waals surface area contributed by atoms with Crippen LogP contribution in [-0.4, -0.2) is 56.1 Å². The van der Waals surface area contributed by atoms with Crippen molar-refractivity contribution >= 4 is 33.2 Å². The number of hydrogen-bond donors (Lipinski definition) is 5. The quantitative estimate of drug-likeness (QED) is 0.407. The molecule has 1 aromatic carbocycles. The van der Waals surface area contributed by atoms with E-state index in [9.17, 15) is 8.42 Å². The molecule has 11 heteroatoms. The molecule has 3 heterocycles. The molecule has 172 valence electrons. The monoisotopic (exact) mass is 467 g/mol. The van der Waals surface area contributed by atoms with Gasteiger partial charge in [-0.15, -0.1) is 11.8 Å². The molecule has 1 saturated carbocycles. The van der Waals surface area contributed by atoms with Gasteiger partial charge in [0.15, 0.2) is 0 Å². The topological polar surface area (TPSA) is 101 Å². The van der Waals surface area contributed by atoms with Crippen LogP contribution in [0.3, 0.4) is 0 Å². The molecule has 4 unspecified atom stereocenters. The lowest BCUT2D eigenvalue weighted by molar-refractivity contribution is 0.306. The maximum atomic E-state index is 13.0. The highest BCUT2D eigenvalue weighted by atomic mass is 32.2. The molecule has 1 aliphatic carbocycles. The van der Waals surface area contributed by atoms with Gasteiger partial charge < -0.3 is 10.2 Å². The van der Waals surface area contributed by atoms with Crippen LogP contribution in [0.5, 0.6) is 0 Å². The number of fused-ring (bicyclic) bond motifs is 1. The molecule has 2 saturated heterocycles. The van der Waals surface area contributed by atoms with Crippen molar-refractivity contribution in [3.05, 3.63) is 18.2 Å². The lowest BCUT2D eigenvalue weighted by Gasteiger charge is -2.32. The number of hydrogen-bond acceptors (Lipinski definition) is 9. The van der Waals surface area contributed by atoms with Gasteiger partial charge in [-0.1, -0.05) is 0 Å². The third kappa shape index (κ3) is 4.54. The zero-order valence-corrected chi connectivity index (χ0v) is 19.9. The highest BCUT2D eigenvalue weighted by Gasteiger charge is 2.42. The van der Waals surface area contributed by atoms with E-state index >= 15 is 0 Å². The van der Waals surface area contributed by atoms with Gasteiger partial charge in [-0.25, -0.2) is 29.0 Å². The smallest absolute Gasteiger partial charge is 0.241 e. The fourth-order valence-electron chi connectivity index (χ4n) is 4.58. The first kappa shape index (κ1) is 21.7. The molecule has 9 nitrogen and oxygen atoms in total. The van der Waals surface area contributed by atoms with E-state index in [2.05, 4.69) is 50.2 Å². The number of nitrogens with one attached hydrogen (secondary N) is 5. The molecule has 1 aromatic rings. The Kier molecular flexibility index (Phi) is 5.65. The van der Waals surface area contributed by atoms with Crippen LogP contribution in [0.1, 0.15) is 39.5 Å². The number of nitrogens with zero attached hydrogens (tertiary/aromatic N) is 2. The molecule has 0 bridgehead atoms. The van der Waals surface area contributed by atoms with Crippen molar-refractivity contribution in [3.8, 4) is 0 Å². The Labute approximate surface area is 189 Å². The second-order valence-corrected chi connectivity index (χ2v) is 12.6. The number of sulfonamides is 1. The van der Waals surface area contributed by atoms with Gasteiger partial charge in [0, 0.05) is 25.7 Å². The van der Waals surface area contributed by atoms with Crippen LogP contribution in [0.15, 0.2) is 23.1 Å². The number of thioether (sulfide) groups is 1. The summed E-state index contributed by atoms with van der Waals surface area (Å²) < 4.78 is 28.8. The first-order valence-corrected chi connectivity index (χ1v) is 13.5. The van der Waals surface area contributed by atoms with Crippen LogP contribution in [0, 0.1) is 5.92 Å². The van der Waals surface area contributed by atoms with E-state index in [0.29, 0.717) is 10.8 Å². The van der Waals surface area contributed by atoms with Gasteiger partial charge in [0.25, 0.3) is 0 Å². The van der Waals surface area contributed by atoms with E-state index in [4.69, 9.17) is 0 Å². The molecule has 0 radical (unpaired) electrons. The maximum absolute atomic E-state index is 13.0. The minimum Gasteiger partial charge on any atom is -0.363 e. The Morgan fingerprint density at radius 2 is 2.06 bits per heavy atom. The van der Waals surface area contributed by atoms with Crippen molar-refractivity contribution in [3.63, 3.8) is 0 Å². The Hall–Kier alpha value is -1.08. The van der Waals surface area contributed by atoms with Crippen molar-refractivity contribution in [1.29, 1.82) is 0 Å². The molecular formula is C20H33N7O2S2. The molecule has 5 N–H and O–H groups in total. The summed E-state index contributed by atoms with van der Waals surface area (Å²) >= 11 is 1.80. The molecule has 0 aromatic heterocycles. The zero-order chi connectivity index (χ0) is 21.8. The normalized spacial score (nSPS) is 32.3. The molecule has 4 atom stereocenters. The molecular weight excluding hydrogens is 434 g/mol. The van der Waals surface area contributed by atoms with E-state index in [1.165, 1.54) is 0 Å². The summed E-state index contributed by atoms with van der Waals surface area (Å²) in [6.45, 7) is 6.15. The third-order valence-electron chi connectivity index (χ3n) is 6.62. The largest absolute Gasteiger partial charge is 0.363 e. The van der Waals surface area contributed by atoms with Crippen LogP contribution in [0.4, 0.5) is 11.4 Å². The van der Waals surface area contributed by atoms with E-state index in [0.717, 1.165) is 50.1 Å². The molecule has 5 rings (SSSR count).